The van der Waals surface area contributed by atoms with E-state index in [-0.39, 0.29) is 5.91 Å². The first-order valence-electron chi connectivity index (χ1n) is 6.32. The number of fused-ring (bicyclic) bond motifs is 1. The van der Waals surface area contributed by atoms with E-state index in [0.29, 0.717) is 11.3 Å². The van der Waals surface area contributed by atoms with Crippen molar-refractivity contribution in [3.63, 3.8) is 0 Å². The average molecular weight is 271 g/mol. The number of nitrogens with zero attached hydrogens (tertiary/aromatic N) is 3. The van der Waals surface area contributed by atoms with Crippen LogP contribution in [0, 0.1) is 5.95 Å². The van der Waals surface area contributed by atoms with E-state index in [0.717, 1.165) is 11.3 Å². The van der Waals surface area contributed by atoms with Crippen molar-refractivity contribution in [2.24, 2.45) is 0 Å². The third-order valence-electron chi connectivity index (χ3n) is 3.78. The predicted octanol–water partition coefficient (Wildman–Crippen LogP) is 2.54. The Balaban J connectivity index is 2.14. The fourth-order valence-corrected chi connectivity index (χ4v) is 2.57. The molecule has 0 atom stereocenters. The van der Waals surface area contributed by atoms with Crippen LogP contribution in [0.15, 0.2) is 30.6 Å². The van der Waals surface area contributed by atoms with Gasteiger partial charge in [0.15, 0.2) is 0 Å². The standard InChI is InChI=1S/C15H14FN3O/c1-15(2)10-8-18-11(7-12(10)19(3)14(15)20)9-4-5-17-13(16)6-9/h4-8H,1-3H3. The lowest BCUT2D eigenvalue weighted by molar-refractivity contribution is -0.121. The smallest absolute Gasteiger partial charge is 0.236 e. The van der Waals surface area contributed by atoms with Crippen molar-refractivity contribution in [1.82, 2.24) is 9.97 Å². The molecular formula is C15H14FN3O. The molecule has 4 nitrogen and oxygen atoms in total. The third kappa shape index (κ3) is 1.70. The summed E-state index contributed by atoms with van der Waals surface area (Å²) in [5, 5.41) is 0. The molecule has 0 N–H and O–H groups in total. The highest BCUT2D eigenvalue weighted by atomic mass is 19.1. The van der Waals surface area contributed by atoms with Crippen molar-refractivity contribution in [3.05, 3.63) is 42.1 Å². The van der Waals surface area contributed by atoms with Crippen LogP contribution in [0.5, 0.6) is 0 Å². The fourth-order valence-electron chi connectivity index (χ4n) is 2.57. The summed E-state index contributed by atoms with van der Waals surface area (Å²) in [7, 11) is 1.74. The molecule has 2 aromatic heterocycles. The van der Waals surface area contributed by atoms with Gasteiger partial charge in [-0.15, -0.1) is 0 Å². The largest absolute Gasteiger partial charge is 0.314 e. The Hall–Kier alpha value is -2.30. The molecule has 0 radical (unpaired) electrons. The topological polar surface area (TPSA) is 46.1 Å². The maximum absolute atomic E-state index is 13.2. The van der Waals surface area contributed by atoms with E-state index >= 15 is 0 Å². The second-order valence-electron chi connectivity index (χ2n) is 5.44. The molecular weight excluding hydrogens is 257 g/mol. The number of hydrogen-bond acceptors (Lipinski definition) is 3. The molecule has 3 heterocycles. The molecule has 102 valence electrons. The number of likely N-dealkylation sites (N-methyl/N-ethyl adjacent to an activating group) is 1. The van der Waals surface area contributed by atoms with Crippen LogP contribution in [0.2, 0.25) is 0 Å². The molecule has 20 heavy (non-hydrogen) atoms. The van der Waals surface area contributed by atoms with Crippen LogP contribution in [0.25, 0.3) is 11.3 Å². The highest BCUT2D eigenvalue weighted by Crippen LogP contribution is 2.41. The van der Waals surface area contributed by atoms with E-state index in [1.165, 1.54) is 12.3 Å². The second kappa shape index (κ2) is 4.10. The number of rotatable bonds is 1. The summed E-state index contributed by atoms with van der Waals surface area (Å²) >= 11 is 0. The normalized spacial score (nSPS) is 16.4. The predicted molar refractivity (Wildman–Crippen MR) is 73.9 cm³/mol. The van der Waals surface area contributed by atoms with E-state index in [1.807, 2.05) is 19.9 Å². The van der Waals surface area contributed by atoms with Crippen molar-refractivity contribution >= 4 is 11.6 Å². The lowest BCUT2D eigenvalue weighted by Gasteiger charge is -2.15. The summed E-state index contributed by atoms with van der Waals surface area (Å²) < 4.78 is 13.2. The Bertz CT molecular complexity index is 712. The minimum atomic E-state index is -0.570. The van der Waals surface area contributed by atoms with Crippen molar-refractivity contribution in [2.45, 2.75) is 19.3 Å². The van der Waals surface area contributed by atoms with Crippen LogP contribution in [-0.2, 0) is 10.2 Å². The minimum absolute atomic E-state index is 0.0346. The number of carbonyl (C=O) groups excluding carboxylic acids is 1. The summed E-state index contributed by atoms with van der Waals surface area (Å²) in [5.41, 5.74) is 2.41. The van der Waals surface area contributed by atoms with Gasteiger partial charge in [0.1, 0.15) is 0 Å². The second-order valence-corrected chi connectivity index (χ2v) is 5.44. The number of hydrogen-bond donors (Lipinski definition) is 0. The monoisotopic (exact) mass is 271 g/mol. The number of halogens is 1. The first kappa shape index (κ1) is 12.7. The number of aromatic nitrogens is 2. The number of pyridine rings is 2. The van der Waals surface area contributed by atoms with E-state index in [4.69, 9.17) is 0 Å². The van der Waals surface area contributed by atoms with Gasteiger partial charge in [0.25, 0.3) is 0 Å². The first-order chi connectivity index (χ1) is 9.41. The van der Waals surface area contributed by atoms with Crippen LogP contribution in [0.3, 0.4) is 0 Å². The summed E-state index contributed by atoms with van der Waals surface area (Å²) in [6.07, 6.45) is 3.10. The average Bonchev–Trinajstić information content (AvgIpc) is 2.60. The zero-order chi connectivity index (χ0) is 14.5. The quantitative estimate of drug-likeness (QED) is 0.749. The van der Waals surface area contributed by atoms with Gasteiger partial charge in [-0.1, -0.05) is 0 Å². The Kier molecular flexibility index (Phi) is 2.61. The van der Waals surface area contributed by atoms with Crippen molar-refractivity contribution < 1.29 is 9.18 Å². The Morgan fingerprint density at radius 2 is 2.00 bits per heavy atom. The molecule has 0 fully saturated rings. The van der Waals surface area contributed by atoms with Crippen molar-refractivity contribution in [3.8, 4) is 11.3 Å². The summed E-state index contributed by atoms with van der Waals surface area (Å²) in [6, 6.07) is 4.84. The molecule has 0 aliphatic carbocycles. The molecule has 0 bridgehead atoms. The molecule has 0 saturated heterocycles. The van der Waals surface area contributed by atoms with Crippen LogP contribution < -0.4 is 4.90 Å². The van der Waals surface area contributed by atoms with Gasteiger partial charge in [-0.3, -0.25) is 9.78 Å². The van der Waals surface area contributed by atoms with Crippen molar-refractivity contribution in [2.75, 3.05) is 11.9 Å². The van der Waals surface area contributed by atoms with E-state index in [1.54, 1.807) is 24.2 Å². The molecule has 0 spiro atoms. The molecule has 1 amide bonds. The Labute approximate surface area is 116 Å². The van der Waals surface area contributed by atoms with Gasteiger partial charge in [-0.2, -0.15) is 4.39 Å². The van der Waals surface area contributed by atoms with Gasteiger partial charge in [0.05, 0.1) is 16.8 Å². The van der Waals surface area contributed by atoms with E-state index in [2.05, 4.69) is 9.97 Å². The van der Waals surface area contributed by atoms with E-state index < -0.39 is 11.4 Å². The van der Waals surface area contributed by atoms with Gasteiger partial charge in [0.2, 0.25) is 11.9 Å². The third-order valence-corrected chi connectivity index (χ3v) is 3.78. The highest BCUT2D eigenvalue weighted by molar-refractivity contribution is 6.07. The Morgan fingerprint density at radius 3 is 2.70 bits per heavy atom. The highest BCUT2D eigenvalue weighted by Gasteiger charge is 2.42. The SMILES string of the molecule is CN1C(=O)C(C)(C)c2cnc(-c3ccnc(F)c3)cc21. The van der Waals surface area contributed by atoms with Crippen LogP contribution in [0.1, 0.15) is 19.4 Å². The molecule has 0 aromatic carbocycles. The van der Waals surface area contributed by atoms with Crippen LogP contribution in [-0.4, -0.2) is 22.9 Å². The molecule has 1 aliphatic heterocycles. The number of carbonyl (C=O) groups is 1. The zero-order valence-electron chi connectivity index (χ0n) is 11.5. The molecule has 1 aliphatic rings. The summed E-state index contributed by atoms with van der Waals surface area (Å²) in [4.78, 5) is 21.7. The van der Waals surface area contributed by atoms with E-state index in [9.17, 15) is 9.18 Å². The van der Waals surface area contributed by atoms with Crippen molar-refractivity contribution in [1.29, 1.82) is 0 Å². The van der Waals surface area contributed by atoms with Gasteiger partial charge in [0, 0.05) is 36.6 Å². The lowest BCUT2D eigenvalue weighted by Crippen LogP contribution is -2.33. The number of amides is 1. The number of anilines is 1. The zero-order valence-corrected chi connectivity index (χ0v) is 11.5. The summed E-state index contributed by atoms with van der Waals surface area (Å²) in [6.45, 7) is 3.76. The molecule has 5 heteroatoms. The Morgan fingerprint density at radius 1 is 1.25 bits per heavy atom. The van der Waals surface area contributed by atoms with Gasteiger partial charge >= 0.3 is 0 Å². The molecule has 2 aromatic rings. The molecule has 0 saturated carbocycles. The maximum Gasteiger partial charge on any atom is 0.236 e. The molecule has 0 unspecified atom stereocenters. The minimum Gasteiger partial charge on any atom is -0.314 e. The maximum atomic E-state index is 13.2. The summed E-state index contributed by atoms with van der Waals surface area (Å²) in [5.74, 6) is -0.512. The van der Waals surface area contributed by atoms with Gasteiger partial charge < -0.3 is 4.90 Å². The first-order valence-corrected chi connectivity index (χ1v) is 6.32. The van der Waals surface area contributed by atoms with Gasteiger partial charge in [-0.05, 0) is 26.0 Å². The fraction of sp³-hybridized carbons (Fsp3) is 0.267. The lowest BCUT2D eigenvalue weighted by atomic mass is 9.87. The molecule has 3 rings (SSSR count). The van der Waals surface area contributed by atoms with Gasteiger partial charge in [-0.25, -0.2) is 4.98 Å². The van der Waals surface area contributed by atoms with Crippen LogP contribution >= 0.6 is 0 Å². The van der Waals surface area contributed by atoms with Crippen LogP contribution in [0.4, 0.5) is 10.1 Å².